The summed E-state index contributed by atoms with van der Waals surface area (Å²) < 4.78 is 5.26. The third-order valence-electron chi connectivity index (χ3n) is 2.08. The molecule has 0 bridgehead atoms. The molecule has 1 aromatic carbocycles. The molecule has 0 spiro atoms. The van der Waals surface area contributed by atoms with Crippen molar-refractivity contribution in [2.75, 3.05) is 7.11 Å². The van der Waals surface area contributed by atoms with E-state index in [1.54, 1.807) is 7.11 Å². The second-order valence-electron chi connectivity index (χ2n) is 2.86. The van der Waals surface area contributed by atoms with E-state index in [1.165, 1.54) is 16.7 Å². The Kier molecular flexibility index (Phi) is 2.18. The van der Waals surface area contributed by atoms with Crippen LogP contribution in [0.5, 0.6) is 5.75 Å². The van der Waals surface area contributed by atoms with E-state index in [2.05, 4.69) is 32.9 Å². The molecule has 0 saturated carbocycles. The minimum atomic E-state index is 1.02. The van der Waals surface area contributed by atoms with Gasteiger partial charge in [-0.25, -0.2) is 0 Å². The van der Waals surface area contributed by atoms with E-state index in [1.807, 2.05) is 0 Å². The Morgan fingerprint density at radius 3 is 2.00 bits per heavy atom. The van der Waals surface area contributed by atoms with E-state index in [-0.39, 0.29) is 0 Å². The van der Waals surface area contributed by atoms with Gasteiger partial charge in [-0.15, -0.1) is 0 Å². The number of aryl methyl sites for hydroxylation is 2. The van der Waals surface area contributed by atoms with Gasteiger partial charge < -0.3 is 4.74 Å². The van der Waals surface area contributed by atoms with Crippen LogP contribution in [0.4, 0.5) is 0 Å². The molecule has 0 saturated heterocycles. The molecule has 1 aromatic rings. The zero-order valence-corrected chi connectivity index (χ0v) is 7.56. The molecule has 11 heavy (non-hydrogen) atoms. The number of hydrogen-bond acceptors (Lipinski definition) is 1. The van der Waals surface area contributed by atoms with Crippen molar-refractivity contribution in [3.05, 3.63) is 28.8 Å². The molecule has 0 amide bonds. The highest BCUT2D eigenvalue weighted by molar-refractivity contribution is 5.44. The number of benzene rings is 1. The number of ether oxygens (including phenoxy) is 1. The Labute approximate surface area is 68.0 Å². The van der Waals surface area contributed by atoms with E-state index in [4.69, 9.17) is 4.74 Å². The Morgan fingerprint density at radius 1 is 1.00 bits per heavy atom. The van der Waals surface area contributed by atoms with Crippen LogP contribution >= 0.6 is 0 Å². The Hall–Kier alpha value is -0.980. The first-order valence-corrected chi connectivity index (χ1v) is 3.77. The van der Waals surface area contributed by atoms with E-state index in [9.17, 15) is 0 Å². The molecule has 60 valence electrons. The van der Waals surface area contributed by atoms with Crippen molar-refractivity contribution in [2.45, 2.75) is 20.8 Å². The number of hydrogen-bond donors (Lipinski definition) is 0. The van der Waals surface area contributed by atoms with Gasteiger partial charge in [0.1, 0.15) is 5.75 Å². The molecule has 1 nitrogen and oxygen atoms in total. The summed E-state index contributed by atoms with van der Waals surface area (Å²) in [5.41, 5.74) is 3.73. The minimum Gasteiger partial charge on any atom is -0.496 e. The van der Waals surface area contributed by atoms with Crippen LogP contribution in [0.15, 0.2) is 12.1 Å². The van der Waals surface area contributed by atoms with E-state index in [0.717, 1.165) is 5.75 Å². The molecule has 1 heteroatoms. The van der Waals surface area contributed by atoms with E-state index in [0.29, 0.717) is 0 Å². The van der Waals surface area contributed by atoms with E-state index >= 15 is 0 Å². The Bertz CT molecular complexity index is 264. The maximum absolute atomic E-state index is 5.26. The molecule has 0 N–H and O–H groups in total. The van der Waals surface area contributed by atoms with Crippen molar-refractivity contribution in [1.29, 1.82) is 0 Å². The van der Waals surface area contributed by atoms with Crippen LogP contribution in [0.3, 0.4) is 0 Å². The quantitative estimate of drug-likeness (QED) is 0.598. The highest BCUT2D eigenvalue weighted by Gasteiger charge is 2.03. The third-order valence-corrected chi connectivity index (χ3v) is 2.08. The standard InChI is InChI=1S/C10H14O/c1-7-5-6-8(2)10(11-4)9(7)3/h5-6H,1-4H3. The molecule has 0 heterocycles. The van der Waals surface area contributed by atoms with Crippen molar-refractivity contribution in [3.63, 3.8) is 0 Å². The van der Waals surface area contributed by atoms with Gasteiger partial charge in [-0.3, -0.25) is 0 Å². The monoisotopic (exact) mass is 150 g/mol. The number of rotatable bonds is 1. The SMILES string of the molecule is COc1c(C)ccc(C)c1C. The molecule has 0 radical (unpaired) electrons. The van der Waals surface area contributed by atoms with Crippen molar-refractivity contribution in [2.24, 2.45) is 0 Å². The second-order valence-corrected chi connectivity index (χ2v) is 2.86. The summed E-state index contributed by atoms with van der Waals surface area (Å²) in [5.74, 6) is 1.02. The Balaban J connectivity index is 3.29. The van der Waals surface area contributed by atoms with Gasteiger partial charge in [0.15, 0.2) is 0 Å². The largest absolute Gasteiger partial charge is 0.496 e. The average molecular weight is 150 g/mol. The van der Waals surface area contributed by atoms with Crippen molar-refractivity contribution >= 4 is 0 Å². The third kappa shape index (κ3) is 1.37. The van der Waals surface area contributed by atoms with Crippen LogP contribution in [-0.4, -0.2) is 7.11 Å². The predicted octanol–water partition coefficient (Wildman–Crippen LogP) is 2.62. The number of methoxy groups -OCH3 is 1. The summed E-state index contributed by atoms with van der Waals surface area (Å²) >= 11 is 0. The summed E-state index contributed by atoms with van der Waals surface area (Å²) in [5, 5.41) is 0. The van der Waals surface area contributed by atoms with Crippen molar-refractivity contribution in [1.82, 2.24) is 0 Å². The molecule has 0 atom stereocenters. The second kappa shape index (κ2) is 2.95. The first-order valence-electron chi connectivity index (χ1n) is 3.77. The topological polar surface area (TPSA) is 9.23 Å². The van der Waals surface area contributed by atoms with Gasteiger partial charge in [0.25, 0.3) is 0 Å². The summed E-state index contributed by atoms with van der Waals surface area (Å²) in [6.45, 7) is 6.24. The first-order chi connectivity index (χ1) is 5.16. The summed E-state index contributed by atoms with van der Waals surface area (Å²) in [6, 6.07) is 4.20. The summed E-state index contributed by atoms with van der Waals surface area (Å²) in [6.07, 6.45) is 0. The summed E-state index contributed by atoms with van der Waals surface area (Å²) in [4.78, 5) is 0. The predicted molar refractivity (Wildman–Crippen MR) is 47.2 cm³/mol. The van der Waals surface area contributed by atoms with Gasteiger partial charge in [-0.1, -0.05) is 12.1 Å². The lowest BCUT2D eigenvalue weighted by molar-refractivity contribution is 0.408. The van der Waals surface area contributed by atoms with Gasteiger partial charge in [-0.05, 0) is 37.5 Å². The van der Waals surface area contributed by atoms with Crippen LogP contribution in [0.1, 0.15) is 16.7 Å². The van der Waals surface area contributed by atoms with Gasteiger partial charge >= 0.3 is 0 Å². The van der Waals surface area contributed by atoms with Crippen molar-refractivity contribution < 1.29 is 4.74 Å². The van der Waals surface area contributed by atoms with Gasteiger partial charge in [0.05, 0.1) is 7.11 Å². The highest BCUT2D eigenvalue weighted by atomic mass is 16.5. The molecule has 0 aromatic heterocycles. The molecule has 0 unspecified atom stereocenters. The lowest BCUT2D eigenvalue weighted by Crippen LogP contribution is -1.92. The van der Waals surface area contributed by atoms with Gasteiger partial charge in [0, 0.05) is 0 Å². The molecule has 0 aliphatic rings. The maximum atomic E-state index is 5.26. The van der Waals surface area contributed by atoms with Crippen LogP contribution in [-0.2, 0) is 0 Å². The molecule has 0 fully saturated rings. The fourth-order valence-electron chi connectivity index (χ4n) is 1.24. The molecule has 1 rings (SSSR count). The lowest BCUT2D eigenvalue weighted by Gasteiger charge is -2.09. The summed E-state index contributed by atoms with van der Waals surface area (Å²) in [7, 11) is 1.72. The van der Waals surface area contributed by atoms with Crippen LogP contribution in [0, 0.1) is 20.8 Å². The molecule has 0 aliphatic carbocycles. The Morgan fingerprint density at radius 2 is 1.55 bits per heavy atom. The zero-order valence-electron chi connectivity index (χ0n) is 7.56. The normalized spacial score (nSPS) is 9.82. The van der Waals surface area contributed by atoms with E-state index < -0.39 is 0 Å². The average Bonchev–Trinajstić information content (AvgIpc) is 1.99. The minimum absolute atomic E-state index is 1.02. The fraction of sp³-hybridized carbons (Fsp3) is 0.400. The van der Waals surface area contributed by atoms with Crippen LogP contribution in [0.2, 0.25) is 0 Å². The molecular formula is C10H14O. The zero-order chi connectivity index (χ0) is 8.43. The highest BCUT2D eigenvalue weighted by Crippen LogP contribution is 2.24. The lowest BCUT2D eigenvalue weighted by atomic mass is 10.1. The first kappa shape index (κ1) is 8.12. The molecular weight excluding hydrogens is 136 g/mol. The van der Waals surface area contributed by atoms with Gasteiger partial charge in [-0.2, -0.15) is 0 Å². The van der Waals surface area contributed by atoms with Crippen LogP contribution in [0.25, 0.3) is 0 Å². The van der Waals surface area contributed by atoms with Crippen molar-refractivity contribution in [3.8, 4) is 5.75 Å². The maximum Gasteiger partial charge on any atom is 0.124 e. The smallest absolute Gasteiger partial charge is 0.124 e. The van der Waals surface area contributed by atoms with Gasteiger partial charge in [0.2, 0.25) is 0 Å². The fourth-order valence-corrected chi connectivity index (χ4v) is 1.24. The molecule has 0 aliphatic heterocycles. The van der Waals surface area contributed by atoms with Crippen LogP contribution < -0.4 is 4.74 Å².